The van der Waals surface area contributed by atoms with Gasteiger partial charge in [0.05, 0.1) is 23.0 Å². The van der Waals surface area contributed by atoms with E-state index < -0.39 is 0 Å². The molecule has 0 bridgehead atoms. The summed E-state index contributed by atoms with van der Waals surface area (Å²) in [5.41, 5.74) is 0. The Balaban J connectivity index is 1.53. The van der Waals surface area contributed by atoms with Gasteiger partial charge in [-0.25, -0.2) is 0 Å². The molecular formula is C25H16S6. The minimum Gasteiger partial charge on any atom is -0.133 e. The van der Waals surface area contributed by atoms with E-state index in [0.29, 0.717) is 0 Å². The Morgan fingerprint density at radius 1 is 0.548 bits per heavy atom. The molecule has 0 fully saturated rings. The number of hydrogen-bond acceptors (Lipinski definition) is 6. The fraction of sp³-hybridized carbons (Fsp3) is 0.0400. The van der Waals surface area contributed by atoms with E-state index in [9.17, 15) is 0 Å². The number of thioether (sulfide) groups is 1. The van der Waals surface area contributed by atoms with E-state index in [1.807, 2.05) is 45.8 Å². The van der Waals surface area contributed by atoms with Gasteiger partial charge in [-0.2, -0.15) is 0 Å². The molecule has 0 aliphatic carbocycles. The first-order valence-corrected chi connectivity index (χ1v) is 14.6. The summed E-state index contributed by atoms with van der Waals surface area (Å²) < 4.78 is 2.45. The Kier molecular flexibility index (Phi) is 5.25. The summed E-state index contributed by atoms with van der Waals surface area (Å²) in [7, 11) is 0. The molecule has 152 valence electrons. The van der Waals surface area contributed by atoms with Crippen LogP contribution in [0.1, 0.15) is 0 Å². The fourth-order valence-corrected chi connectivity index (χ4v) is 9.53. The van der Waals surface area contributed by atoms with Gasteiger partial charge in [0, 0.05) is 36.2 Å². The van der Waals surface area contributed by atoms with Crippen LogP contribution in [-0.2, 0) is 0 Å². The van der Waals surface area contributed by atoms with E-state index in [-0.39, 0.29) is 0 Å². The van der Waals surface area contributed by atoms with Crippen molar-refractivity contribution in [1.82, 2.24) is 0 Å². The Morgan fingerprint density at radius 3 is 1.81 bits per heavy atom. The van der Waals surface area contributed by atoms with Crippen molar-refractivity contribution in [3.63, 3.8) is 0 Å². The lowest BCUT2D eigenvalue weighted by molar-refractivity contribution is 1.74. The molecule has 6 rings (SSSR count). The van der Waals surface area contributed by atoms with Crippen LogP contribution < -0.4 is 0 Å². The van der Waals surface area contributed by atoms with E-state index in [1.165, 1.54) is 55.0 Å². The van der Waals surface area contributed by atoms with Crippen molar-refractivity contribution in [2.24, 2.45) is 0 Å². The maximum absolute atomic E-state index is 4.77. The molecule has 0 aliphatic heterocycles. The molecule has 0 amide bonds. The van der Waals surface area contributed by atoms with Crippen LogP contribution in [0.15, 0.2) is 81.2 Å². The van der Waals surface area contributed by atoms with Gasteiger partial charge in [-0.1, -0.05) is 48.5 Å². The molecule has 0 aliphatic rings. The van der Waals surface area contributed by atoms with E-state index in [4.69, 9.17) is 12.6 Å². The third-order valence-corrected chi connectivity index (χ3v) is 11.8. The highest BCUT2D eigenvalue weighted by molar-refractivity contribution is 8.00. The molecule has 0 nitrogen and oxygen atoms in total. The van der Waals surface area contributed by atoms with Crippen LogP contribution >= 0.6 is 69.7 Å². The highest BCUT2D eigenvalue weighted by atomic mass is 32.2. The number of thiol groups is 1. The molecule has 2 aromatic carbocycles. The molecule has 4 aromatic heterocycles. The third-order valence-electron chi connectivity index (χ3n) is 5.28. The van der Waals surface area contributed by atoms with Crippen molar-refractivity contribution in [3.05, 3.63) is 72.8 Å². The number of thiophene rings is 4. The molecule has 0 spiro atoms. The van der Waals surface area contributed by atoms with Crippen molar-refractivity contribution < 1.29 is 0 Å². The van der Waals surface area contributed by atoms with Crippen LogP contribution in [0.2, 0.25) is 0 Å². The zero-order valence-electron chi connectivity index (χ0n) is 16.4. The molecule has 0 radical (unpaired) electrons. The van der Waals surface area contributed by atoms with E-state index in [0.717, 1.165) is 4.21 Å². The maximum atomic E-state index is 4.77. The number of hydrogen-bond donors (Lipinski definition) is 1. The van der Waals surface area contributed by atoms with E-state index >= 15 is 0 Å². The molecule has 6 aromatic rings. The second kappa shape index (κ2) is 8.10. The summed E-state index contributed by atoms with van der Waals surface area (Å²) in [6.45, 7) is 0. The van der Waals surface area contributed by atoms with Gasteiger partial charge in [0.1, 0.15) is 0 Å². The normalized spacial score (nSPS) is 11.7. The summed E-state index contributed by atoms with van der Waals surface area (Å²) in [5.74, 6) is 0. The Hall–Kier alpha value is -1.54. The van der Waals surface area contributed by atoms with Gasteiger partial charge in [0.25, 0.3) is 0 Å². The van der Waals surface area contributed by atoms with Gasteiger partial charge in [-0.15, -0.1) is 69.7 Å². The summed E-state index contributed by atoms with van der Waals surface area (Å²) in [5, 5.41) is 5.21. The molecule has 0 unspecified atom stereocenters. The highest BCUT2D eigenvalue weighted by Gasteiger charge is 2.19. The lowest BCUT2D eigenvalue weighted by Gasteiger charge is -1.97. The van der Waals surface area contributed by atoms with E-state index in [2.05, 4.69) is 79.1 Å². The average Bonchev–Trinajstić information content (AvgIpc) is 3.58. The van der Waals surface area contributed by atoms with Crippen LogP contribution in [-0.4, -0.2) is 6.26 Å². The lowest BCUT2D eigenvalue weighted by atomic mass is 10.1. The topological polar surface area (TPSA) is 0 Å². The second-order valence-corrected chi connectivity index (χ2v) is 13.1. The van der Waals surface area contributed by atoms with Gasteiger partial charge in [0.2, 0.25) is 0 Å². The predicted octanol–water partition coefficient (Wildman–Crippen LogP) is 10.3. The average molecular weight is 509 g/mol. The minimum atomic E-state index is 1.09. The van der Waals surface area contributed by atoms with Gasteiger partial charge >= 0.3 is 0 Å². The van der Waals surface area contributed by atoms with Crippen LogP contribution in [0.5, 0.6) is 0 Å². The predicted molar refractivity (Wildman–Crippen MR) is 148 cm³/mol. The van der Waals surface area contributed by atoms with Crippen LogP contribution in [0, 0.1) is 0 Å². The fourth-order valence-electron chi connectivity index (χ4n) is 3.84. The van der Waals surface area contributed by atoms with Gasteiger partial charge in [0.15, 0.2) is 0 Å². The van der Waals surface area contributed by atoms with Crippen molar-refractivity contribution in [2.75, 3.05) is 6.26 Å². The standard InChI is InChI=1S/C25H16S6/c1-27-21-13-12-19(29-21)18-10-11-20(28-18)22-14-6-2-3-7-15(14)23(30-22)24-16-8-4-5-9-17(16)25(26)31-24/h2-13,26H,1H3. The van der Waals surface area contributed by atoms with Crippen molar-refractivity contribution in [1.29, 1.82) is 0 Å². The van der Waals surface area contributed by atoms with Crippen molar-refractivity contribution in [2.45, 2.75) is 8.42 Å². The smallest absolute Gasteiger partial charge is 0.0653 e. The van der Waals surface area contributed by atoms with Crippen LogP contribution in [0.4, 0.5) is 0 Å². The number of benzene rings is 2. The van der Waals surface area contributed by atoms with Gasteiger partial charge < -0.3 is 0 Å². The minimum absolute atomic E-state index is 1.09. The Bertz CT molecular complexity index is 1540. The maximum Gasteiger partial charge on any atom is 0.0653 e. The first-order valence-electron chi connectivity index (χ1n) is 9.70. The molecule has 0 saturated carbocycles. The lowest BCUT2D eigenvalue weighted by Crippen LogP contribution is -1.70. The largest absolute Gasteiger partial charge is 0.133 e. The molecular weight excluding hydrogens is 493 g/mol. The zero-order chi connectivity index (χ0) is 20.9. The second-order valence-electron chi connectivity index (χ2n) is 7.07. The molecule has 0 atom stereocenters. The summed E-state index contributed by atoms with van der Waals surface area (Å²) in [4.78, 5) is 8.08. The highest BCUT2D eigenvalue weighted by Crippen LogP contribution is 2.51. The van der Waals surface area contributed by atoms with Crippen LogP contribution in [0.25, 0.3) is 50.8 Å². The number of rotatable bonds is 4. The molecule has 4 heterocycles. The molecule has 0 N–H and O–H groups in total. The molecule has 0 saturated heterocycles. The number of fused-ring (bicyclic) bond motifs is 2. The first-order chi connectivity index (χ1) is 15.2. The van der Waals surface area contributed by atoms with Gasteiger partial charge in [-0.3, -0.25) is 0 Å². The van der Waals surface area contributed by atoms with Crippen molar-refractivity contribution >= 4 is 91.3 Å². The Labute approximate surface area is 206 Å². The monoisotopic (exact) mass is 508 g/mol. The summed E-state index contributed by atoms with van der Waals surface area (Å²) in [6, 6.07) is 26.5. The SMILES string of the molecule is CSc1ccc(-c2ccc(-c3sc(-c4sc(S)c5ccccc45)c4ccccc34)s2)s1. The third kappa shape index (κ3) is 3.41. The quantitative estimate of drug-likeness (QED) is 0.182. The van der Waals surface area contributed by atoms with Gasteiger partial charge in [-0.05, 0) is 30.5 Å². The molecule has 6 heteroatoms. The zero-order valence-corrected chi connectivity index (χ0v) is 21.4. The molecule has 31 heavy (non-hydrogen) atoms. The first kappa shape index (κ1) is 20.1. The van der Waals surface area contributed by atoms with E-state index in [1.54, 1.807) is 11.3 Å². The summed E-state index contributed by atoms with van der Waals surface area (Å²) >= 11 is 14.1. The van der Waals surface area contributed by atoms with Crippen LogP contribution in [0.3, 0.4) is 0 Å². The van der Waals surface area contributed by atoms with Crippen molar-refractivity contribution in [3.8, 4) is 29.3 Å². The Morgan fingerprint density at radius 2 is 1.10 bits per heavy atom. The summed E-state index contributed by atoms with van der Waals surface area (Å²) in [6.07, 6.45) is 2.14.